The standard InChI is InChI=1S/C28H24ClN3O4S/c1-19-2-9-24(10-3-19)37(34,35)32-18-27(36-26-11-6-22(29)17-25(26)32)28(33)31-23-7-4-20(5-8-23)16-21-12-14-30-15-13-21/h2-15,17,27H,16,18H2,1H3,(H,31,33)/t27-/m0/s1. The second-order valence-electron chi connectivity index (χ2n) is 8.79. The minimum atomic E-state index is -3.97. The van der Waals surface area contributed by atoms with Crippen molar-refractivity contribution in [1.82, 2.24) is 4.98 Å². The van der Waals surface area contributed by atoms with Gasteiger partial charge in [0, 0.05) is 23.1 Å². The Morgan fingerprint density at radius 1 is 1.00 bits per heavy atom. The van der Waals surface area contributed by atoms with E-state index in [0.29, 0.717) is 10.7 Å². The first-order valence-corrected chi connectivity index (χ1v) is 13.5. The molecule has 3 aromatic carbocycles. The first-order valence-electron chi connectivity index (χ1n) is 11.6. The molecule has 1 N–H and O–H groups in total. The molecule has 0 radical (unpaired) electrons. The molecule has 4 aromatic rings. The number of carbonyl (C=O) groups is 1. The largest absolute Gasteiger partial charge is 0.476 e. The summed E-state index contributed by atoms with van der Waals surface area (Å²) >= 11 is 6.17. The van der Waals surface area contributed by atoms with Crippen LogP contribution in [-0.2, 0) is 21.2 Å². The van der Waals surface area contributed by atoms with E-state index in [2.05, 4.69) is 10.3 Å². The summed E-state index contributed by atoms with van der Waals surface area (Å²) in [7, 11) is -3.97. The lowest BCUT2D eigenvalue weighted by Gasteiger charge is -2.35. The third-order valence-electron chi connectivity index (χ3n) is 6.07. The fraction of sp³-hybridized carbons (Fsp3) is 0.143. The molecule has 0 spiro atoms. The minimum Gasteiger partial charge on any atom is -0.476 e. The van der Waals surface area contributed by atoms with Gasteiger partial charge in [0.15, 0.2) is 6.10 Å². The van der Waals surface area contributed by atoms with Crippen molar-refractivity contribution in [2.45, 2.75) is 24.3 Å². The molecule has 0 aliphatic carbocycles. The molecular weight excluding hydrogens is 510 g/mol. The summed E-state index contributed by atoms with van der Waals surface area (Å²) in [6, 6.07) is 22.7. The molecule has 188 valence electrons. The molecular formula is C28H24ClN3O4S. The maximum atomic E-state index is 13.6. The average Bonchev–Trinajstić information content (AvgIpc) is 2.90. The molecule has 1 aliphatic rings. The number of halogens is 1. The number of pyridine rings is 1. The lowest BCUT2D eigenvalue weighted by Crippen LogP contribution is -2.48. The Kier molecular flexibility index (Phi) is 6.86. The van der Waals surface area contributed by atoms with E-state index < -0.39 is 22.0 Å². The lowest BCUT2D eigenvalue weighted by atomic mass is 10.1. The number of aryl methyl sites for hydroxylation is 1. The molecule has 37 heavy (non-hydrogen) atoms. The number of fused-ring (bicyclic) bond motifs is 1. The summed E-state index contributed by atoms with van der Waals surface area (Å²) in [5, 5.41) is 3.20. The number of amides is 1. The molecule has 5 rings (SSSR count). The van der Waals surface area contributed by atoms with Gasteiger partial charge in [-0.15, -0.1) is 0 Å². The highest BCUT2D eigenvalue weighted by Gasteiger charge is 2.37. The van der Waals surface area contributed by atoms with Gasteiger partial charge in [-0.3, -0.25) is 14.1 Å². The van der Waals surface area contributed by atoms with E-state index >= 15 is 0 Å². The molecule has 1 aromatic heterocycles. The normalized spacial score (nSPS) is 15.0. The fourth-order valence-electron chi connectivity index (χ4n) is 4.09. The van der Waals surface area contributed by atoms with Gasteiger partial charge in [0.05, 0.1) is 17.1 Å². The smallest absolute Gasteiger partial charge is 0.267 e. The highest BCUT2D eigenvalue weighted by Crippen LogP contribution is 2.39. The molecule has 0 saturated carbocycles. The van der Waals surface area contributed by atoms with Gasteiger partial charge in [0.25, 0.3) is 15.9 Å². The van der Waals surface area contributed by atoms with Crippen molar-refractivity contribution in [3.05, 3.63) is 113 Å². The number of nitrogens with one attached hydrogen (secondary N) is 1. The van der Waals surface area contributed by atoms with Gasteiger partial charge in [-0.2, -0.15) is 0 Å². The average molecular weight is 534 g/mol. The van der Waals surface area contributed by atoms with Crippen LogP contribution in [0, 0.1) is 6.92 Å². The van der Waals surface area contributed by atoms with E-state index in [4.69, 9.17) is 16.3 Å². The Hall–Kier alpha value is -3.88. The predicted molar refractivity (Wildman–Crippen MR) is 144 cm³/mol. The topological polar surface area (TPSA) is 88.6 Å². The Labute approximate surface area is 220 Å². The maximum Gasteiger partial charge on any atom is 0.267 e. The highest BCUT2D eigenvalue weighted by atomic mass is 35.5. The van der Waals surface area contributed by atoms with E-state index in [1.165, 1.54) is 10.4 Å². The number of nitrogens with zero attached hydrogens (tertiary/aromatic N) is 2. The molecule has 0 saturated heterocycles. The van der Waals surface area contributed by atoms with E-state index in [1.807, 2.05) is 43.3 Å². The molecule has 1 atom stereocenters. The number of ether oxygens (including phenoxy) is 1. The summed E-state index contributed by atoms with van der Waals surface area (Å²) in [6.07, 6.45) is 3.18. The van der Waals surface area contributed by atoms with Crippen LogP contribution in [0.25, 0.3) is 0 Å². The summed E-state index contributed by atoms with van der Waals surface area (Å²) in [5.41, 5.74) is 4.03. The Morgan fingerprint density at radius 3 is 2.38 bits per heavy atom. The monoisotopic (exact) mass is 533 g/mol. The van der Waals surface area contributed by atoms with Crippen molar-refractivity contribution in [3.8, 4) is 5.75 Å². The van der Waals surface area contributed by atoms with Crippen molar-refractivity contribution in [2.75, 3.05) is 16.2 Å². The number of sulfonamides is 1. The quantitative estimate of drug-likeness (QED) is 0.366. The summed E-state index contributed by atoms with van der Waals surface area (Å²) in [5.74, 6) is -0.189. The fourth-order valence-corrected chi connectivity index (χ4v) is 5.73. The molecule has 7 nitrogen and oxygen atoms in total. The number of benzene rings is 3. The van der Waals surface area contributed by atoms with Crippen molar-refractivity contribution in [3.63, 3.8) is 0 Å². The van der Waals surface area contributed by atoms with Crippen LogP contribution in [0.3, 0.4) is 0 Å². The molecule has 0 fully saturated rings. The Morgan fingerprint density at radius 2 is 1.68 bits per heavy atom. The first kappa shape index (κ1) is 24.8. The first-order chi connectivity index (χ1) is 17.8. The molecule has 1 aliphatic heterocycles. The number of hydrogen-bond acceptors (Lipinski definition) is 5. The van der Waals surface area contributed by atoms with Crippen LogP contribution < -0.4 is 14.4 Å². The lowest BCUT2D eigenvalue weighted by molar-refractivity contribution is -0.122. The summed E-state index contributed by atoms with van der Waals surface area (Å²) in [4.78, 5) is 17.3. The Balaban J connectivity index is 1.36. The highest BCUT2D eigenvalue weighted by molar-refractivity contribution is 7.92. The van der Waals surface area contributed by atoms with Crippen LogP contribution in [0.2, 0.25) is 5.02 Å². The molecule has 9 heteroatoms. The van der Waals surface area contributed by atoms with Crippen molar-refractivity contribution < 1.29 is 17.9 Å². The number of aromatic nitrogens is 1. The van der Waals surface area contributed by atoms with E-state index in [1.54, 1.807) is 48.8 Å². The van der Waals surface area contributed by atoms with Crippen LogP contribution in [-0.4, -0.2) is 32.0 Å². The van der Waals surface area contributed by atoms with Gasteiger partial charge < -0.3 is 10.1 Å². The zero-order valence-electron chi connectivity index (χ0n) is 20.0. The van der Waals surface area contributed by atoms with Gasteiger partial charge >= 0.3 is 0 Å². The van der Waals surface area contributed by atoms with Crippen LogP contribution >= 0.6 is 11.6 Å². The summed E-state index contributed by atoms with van der Waals surface area (Å²) < 4.78 is 34.3. The van der Waals surface area contributed by atoms with Gasteiger partial charge in [0.2, 0.25) is 0 Å². The maximum absolute atomic E-state index is 13.6. The molecule has 1 amide bonds. The zero-order valence-corrected chi connectivity index (χ0v) is 21.5. The van der Waals surface area contributed by atoms with Crippen LogP contribution in [0.5, 0.6) is 5.75 Å². The van der Waals surface area contributed by atoms with Gasteiger partial charge in [-0.1, -0.05) is 41.4 Å². The van der Waals surface area contributed by atoms with E-state index in [9.17, 15) is 13.2 Å². The number of hydrogen-bond donors (Lipinski definition) is 1. The SMILES string of the molecule is Cc1ccc(S(=O)(=O)N2C[C@@H](C(=O)Nc3ccc(Cc4ccncc4)cc3)Oc3ccc(Cl)cc32)cc1. The van der Waals surface area contributed by atoms with Crippen molar-refractivity contribution in [2.24, 2.45) is 0 Å². The third kappa shape index (κ3) is 5.45. The second-order valence-corrected chi connectivity index (χ2v) is 11.1. The minimum absolute atomic E-state index is 0.120. The third-order valence-corrected chi connectivity index (χ3v) is 8.10. The molecule has 0 bridgehead atoms. The van der Waals surface area contributed by atoms with Gasteiger partial charge in [-0.05, 0) is 79.1 Å². The van der Waals surface area contributed by atoms with Crippen LogP contribution in [0.15, 0.2) is 96.2 Å². The van der Waals surface area contributed by atoms with Crippen LogP contribution in [0.4, 0.5) is 11.4 Å². The predicted octanol–water partition coefficient (Wildman–Crippen LogP) is 5.23. The number of carbonyl (C=O) groups excluding carboxylic acids is 1. The van der Waals surface area contributed by atoms with Crippen molar-refractivity contribution in [1.29, 1.82) is 0 Å². The van der Waals surface area contributed by atoms with Gasteiger partial charge in [0.1, 0.15) is 5.75 Å². The summed E-state index contributed by atoms with van der Waals surface area (Å²) in [6.45, 7) is 1.68. The van der Waals surface area contributed by atoms with Gasteiger partial charge in [-0.25, -0.2) is 8.42 Å². The second kappa shape index (κ2) is 10.2. The Bertz CT molecular complexity index is 1530. The number of rotatable bonds is 6. The number of anilines is 2. The van der Waals surface area contributed by atoms with E-state index in [0.717, 1.165) is 23.1 Å². The van der Waals surface area contributed by atoms with Crippen LogP contribution in [0.1, 0.15) is 16.7 Å². The van der Waals surface area contributed by atoms with Crippen molar-refractivity contribution >= 4 is 38.9 Å². The molecule has 0 unspecified atom stereocenters. The molecule has 2 heterocycles. The zero-order chi connectivity index (χ0) is 26.0. The van der Waals surface area contributed by atoms with E-state index in [-0.39, 0.29) is 22.9 Å².